The van der Waals surface area contributed by atoms with Crippen molar-refractivity contribution in [1.29, 1.82) is 0 Å². The minimum atomic E-state index is 0.116. The lowest BCUT2D eigenvalue weighted by Crippen LogP contribution is -2.31. The summed E-state index contributed by atoms with van der Waals surface area (Å²) in [6, 6.07) is 16.9. The van der Waals surface area contributed by atoms with E-state index in [1.807, 2.05) is 23.0 Å². The summed E-state index contributed by atoms with van der Waals surface area (Å²) in [5.74, 6) is 2.22. The summed E-state index contributed by atoms with van der Waals surface area (Å²) in [7, 11) is 0. The molecule has 1 spiro atoms. The molecule has 2 aromatic carbocycles. The molecule has 0 amide bonds. The summed E-state index contributed by atoms with van der Waals surface area (Å²) in [5, 5.41) is 4.84. The van der Waals surface area contributed by atoms with Crippen LogP contribution in [0.2, 0.25) is 0 Å². The predicted molar refractivity (Wildman–Crippen MR) is 130 cm³/mol. The van der Waals surface area contributed by atoms with Crippen molar-refractivity contribution in [1.82, 2.24) is 19.6 Å². The van der Waals surface area contributed by atoms with E-state index in [0.717, 1.165) is 47.9 Å². The maximum atomic E-state index is 5.98. The second-order valence-electron chi connectivity index (χ2n) is 10.1. The highest BCUT2D eigenvalue weighted by Gasteiger charge is 2.43. The van der Waals surface area contributed by atoms with Crippen molar-refractivity contribution in [2.75, 3.05) is 6.61 Å². The first-order chi connectivity index (χ1) is 16.1. The molecule has 2 aliphatic rings. The summed E-state index contributed by atoms with van der Waals surface area (Å²) in [5.41, 5.74) is 7.10. The first-order valence-corrected chi connectivity index (χ1v) is 12.2. The van der Waals surface area contributed by atoms with E-state index in [1.165, 1.54) is 42.4 Å². The van der Waals surface area contributed by atoms with E-state index in [-0.39, 0.29) is 5.41 Å². The van der Waals surface area contributed by atoms with Crippen LogP contribution in [0.25, 0.3) is 28.3 Å². The van der Waals surface area contributed by atoms with E-state index < -0.39 is 0 Å². The second kappa shape index (κ2) is 7.98. The Balaban J connectivity index is 1.45. The van der Waals surface area contributed by atoms with Gasteiger partial charge >= 0.3 is 0 Å². The van der Waals surface area contributed by atoms with Crippen molar-refractivity contribution < 1.29 is 4.74 Å². The number of nitrogens with zero attached hydrogens (tertiary/aromatic N) is 4. The number of hydrogen-bond donors (Lipinski definition) is 0. The van der Waals surface area contributed by atoms with Crippen LogP contribution in [0.4, 0.5) is 0 Å². The molecule has 1 saturated carbocycles. The molecule has 5 nitrogen and oxygen atoms in total. The number of rotatable bonds is 5. The Hall–Kier alpha value is -3.21. The smallest absolute Gasteiger partial charge is 0.182 e. The van der Waals surface area contributed by atoms with Crippen LogP contribution in [-0.2, 0) is 11.8 Å². The summed E-state index contributed by atoms with van der Waals surface area (Å²) in [6.07, 6.45) is 8.85. The molecule has 33 heavy (non-hydrogen) atoms. The van der Waals surface area contributed by atoms with Gasteiger partial charge < -0.3 is 4.74 Å². The highest BCUT2D eigenvalue weighted by Crippen LogP contribution is 2.52. The molecule has 6 rings (SSSR count). The van der Waals surface area contributed by atoms with Gasteiger partial charge in [-0.2, -0.15) is 0 Å². The summed E-state index contributed by atoms with van der Waals surface area (Å²) in [4.78, 5) is 10.0. The van der Waals surface area contributed by atoms with Crippen LogP contribution in [0.15, 0.2) is 54.9 Å². The Bertz CT molecular complexity index is 1320. The molecule has 2 aliphatic carbocycles. The summed E-state index contributed by atoms with van der Waals surface area (Å²) in [6.45, 7) is 5.15. The van der Waals surface area contributed by atoms with Gasteiger partial charge in [0, 0.05) is 22.1 Å². The van der Waals surface area contributed by atoms with Crippen molar-refractivity contribution in [2.24, 2.45) is 5.92 Å². The first kappa shape index (κ1) is 20.4. The molecule has 2 aromatic heterocycles. The fourth-order valence-electron chi connectivity index (χ4n) is 5.65. The Morgan fingerprint density at radius 1 is 1.06 bits per heavy atom. The van der Waals surface area contributed by atoms with Gasteiger partial charge in [-0.15, -0.1) is 5.10 Å². The normalized spacial score (nSPS) is 16.3. The van der Waals surface area contributed by atoms with E-state index in [2.05, 4.69) is 50.2 Å². The molecular weight excluding hydrogens is 408 g/mol. The first-order valence-electron chi connectivity index (χ1n) is 12.2. The Labute approximate surface area is 194 Å². The van der Waals surface area contributed by atoms with Crippen LogP contribution in [0.5, 0.6) is 5.75 Å². The zero-order chi connectivity index (χ0) is 22.4. The van der Waals surface area contributed by atoms with E-state index in [0.29, 0.717) is 5.92 Å². The zero-order valence-electron chi connectivity index (χ0n) is 19.4. The maximum absolute atomic E-state index is 5.98. The lowest BCUT2D eigenvalue weighted by Gasteiger charge is -2.36. The van der Waals surface area contributed by atoms with E-state index in [4.69, 9.17) is 19.8 Å². The number of benzene rings is 2. The molecule has 1 fully saturated rings. The SMILES string of the molecule is CC(C)CCOc1cccc(-c2nc3c4c(ncn3n2)-c2ccccc2CC42CCCC2)c1. The van der Waals surface area contributed by atoms with E-state index in [9.17, 15) is 0 Å². The highest BCUT2D eigenvalue weighted by atomic mass is 16.5. The topological polar surface area (TPSA) is 52.3 Å². The molecule has 168 valence electrons. The van der Waals surface area contributed by atoms with Crippen LogP contribution in [0.1, 0.15) is 57.1 Å². The van der Waals surface area contributed by atoms with Gasteiger partial charge in [-0.3, -0.25) is 0 Å². The number of aromatic nitrogens is 4. The molecule has 0 saturated heterocycles. The minimum Gasteiger partial charge on any atom is -0.494 e. The van der Waals surface area contributed by atoms with Gasteiger partial charge in [0.2, 0.25) is 0 Å². The molecule has 2 heterocycles. The quantitative estimate of drug-likeness (QED) is 0.369. The number of fused-ring (bicyclic) bond motifs is 6. The molecule has 0 bridgehead atoms. The third-order valence-electron chi connectivity index (χ3n) is 7.34. The van der Waals surface area contributed by atoms with E-state index >= 15 is 0 Å². The van der Waals surface area contributed by atoms with Gasteiger partial charge in [0.05, 0.1) is 12.3 Å². The van der Waals surface area contributed by atoms with Crippen LogP contribution in [0, 0.1) is 5.92 Å². The Morgan fingerprint density at radius 3 is 2.76 bits per heavy atom. The van der Waals surface area contributed by atoms with Crippen molar-refractivity contribution in [3.8, 4) is 28.4 Å². The lowest BCUT2D eigenvalue weighted by atomic mass is 9.68. The standard InChI is InChI=1S/C28H30N4O/c1-19(2)12-15-33-22-10-7-9-20(16-22)26-30-27-24-25(29-18-32(27)31-26)23-11-4-3-8-21(23)17-28(24)13-5-6-14-28/h3-4,7-11,16,18-19H,5-6,12-15,17H2,1-2H3. The summed E-state index contributed by atoms with van der Waals surface area (Å²) < 4.78 is 7.87. The van der Waals surface area contributed by atoms with Gasteiger partial charge in [-0.1, -0.05) is 63.1 Å². The maximum Gasteiger partial charge on any atom is 0.182 e. The fraction of sp³-hybridized carbons (Fsp3) is 0.393. The van der Waals surface area contributed by atoms with Crippen LogP contribution >= 0.6 is 0 Å². The number of hydrogen-bond acceptors (Lipinski definition) is 4. The number of ether oxygens (including phenoxy) is 1. The Kier molecular flexibility index (Phi) is 4.93. The highest BCUT2D eigenvalue weighted by molar-refractivity contribution is 5.78. The molecule has 0 unspecified atom stereocenters. The van der Waals surface area contributed by atoms with Crippen LogP contribution < -0.4 is 4.74 Å². The molecule has 5 heteroatoms. The average molecular weight is 439 g/mol. The second-order valence-corrected chi connectivity index (χ2v) is 10.1. The van der Waals surface area contributed by atoms with E-state index in [1.54, 1.807) is 0 Å². The Morgan fingerprint density at radius 2 is 1.91 bits per heavy atom. The van der Waals surface area contributed by atoms with Crippen LogP contribution in [-0.4, -0.2) is 26.2 Å². The third-order valence-corrected chi connectivity index (χ3v) is 7.34. The monoisotopic (exact) mass is 438 g/mol. The lowest BCUT2D eigenvalue weighted by molar-refractivity contribution is 0.289. The van der Waals surface area contributed by atoms with Crippen molar-refractivity contribution in [2.45, 2.75) is 57.8 Å². The fourth-order valence-corrected chi connectivity index (χ4v) is 5.65. The van der Waals surface area contributed by atoms with Crippen molar-refractivity contribution in [3.63, 3.8) is 0 Å². The van der Waals surface area contributed by atoms with Gasteiger partial charge in [0.25, 0.3) is 0 Å². The largest absolute Gasteiger partial charge is 0.494 e. The van der Waals surface area contributed by atoms with Crippen LogP contribution in [0.3, 0.4) is 0 Å². The van der Waals surface area contributed by atoms with Gasteiger partial charge in [0.15, 0.2) is 11.5 Å². The molecule has 0 radical (unpaired) electrons. The van der Waals surface area contributed by atoms with Gasteiger partial charge in [-0.05, 0) is 49.3 Å². The van der Waals surface area contributed by atoms with Gasteiger partial charge in [0.1, 0.15) is 12.1 Å². The molecule has 4 aromatic rings. The van der Waals surface area contributed by atoms with Crippen molar-refractivity contribution >= 4 is 5.65 Å². The molecule has 0 aliphatic heterocycles. The third kappa shape index (κ3) is 3.50. The average Bonchev–Trinajstić information content (AvgIpc) is 3.46. The minimum absolute atomic E-state index is 0.116. The summed E-state index contributed by atoms with van der Waals surface area (Å²) >= 11 is 0. The molecule has 0 atom stereocenters. The predicted octanol–water partition coefficient (Wildman–Crippen LogP) is 6.25. The zero-order valence-corrected chi connectivity index (χ0v) is 19.4. The van der Waals surface area contributed by atoms with Gasteiger partial charge in [-0.25, -0.2) is 14.5 Å². The molecular formula is C28H30N4O. The molecule has 0 N–H and O–H groups in total. The van der Waals surface area contributed by atoms with Crippen molar-refractivity contribution in [3.05, 3.63) is 66.0 Å².